The summed E-state index contributed by atoms with van der Waals surface area (Å²) in [7, 11) is 0. The first-order chi connectivity index (χ1) is 4.77. The van der Waals surface area contributed by atoms with Crippen molar-refractivity contribution in [3.05, 3.63) is 12.7 Å². The third kappa shape index (κ3) is 7.76. The lowest BCUT2D eigenvalue weighted by Crippen LogP contribution is -1.94. The maximum Gasteiger partial charge on any atom is 0.139 e. The van der Waals surface area contributed by atoms with Crippen molar-refractivity contribution in [3.63, 3.8) is 0 Å². The minimum atomic E-state index is 0.267. The standard InChI is InChI=1S/C8H14OS/c1-3-4-5-6-10-7-8(2)9/h3H,1,4-7H2,2H3. The number of hydrogen-bond acceptors (Lipinski definition) is 2. The normalized spacial score (nSPS) is 9.30. The van der Waals surface area contributed by atoms with Gasteiger partial charge in [0.2, 0.25) is 0 Å². The van der Waals surface area contributed by atoms with Crippen LogP contribution in [0.3, 0.4) is 0 Å². The third-order valence-corrected chi connectivity index (χ3v) is 2.19. The molecule has 0 aromatic carbocycles. The molecule has 0 fully saturated rings. The lowest BCUT2D eigenvalue weighted by molar-refractivity contribution is -0.114. The van der Waals surface area contributed by atoms with Crippen molar-refractivity contribution in [2.24, 2.45) is 0 Å². The molecule has 0 amide bonds. The van der Waals surface area contributed by atoms with Crippen LogP contribution in [0.15, 0.2) is 12.7 Å². The number of hydrogen-bond donors (Lipinski definition) is 0. The van der Waals surface area contributed by atoms with Crippen LogP contribution in [0.4, 0.5) is 0 Å². The molecular formula is C8H14OS. The van der Waals surface area contributed by atoms with Gasteiger partial charge in [-0.25, -0.2) is 0 Å². The Labute approximate surface area is 66.9 Å². The minimum Gasteiger partial charge on any atom is -0.299 e. The molecular weight excluding hydrogens is 144 g/mol. The zero-order valence-electron chi connectivity index (χ0n) is 6.43. The van der Waals surface area contributed by atoms with Crippen molar-refractivity contribution in [2.45, 2.75) is 19.8 Å². The molecule has 0 aliphatic heterocycles. The van der Waals surface area contributed by atoms with E-state index in [-0.39, 0.29) is 5.78 Å². The van der Waals surface area contributed by atoms with E-state index in [1.165, 1.54) is 0 Å². The molecule has 0 aromatic heterocycles. The maximum atomic E-state index is 10.4. The van der Waals surface area contributed by atoms with Gasteiger partial charge in [0.1, 0.15) is 5.78 Å². The summed E-state index contributed by atoms with van der Waals surface area (Å²) in [5.74, 6) is 2.01. The topological polar surface area (TPSA) is 17.1 Å². The summed E-state index contributed by atoms with van der Waals surface area (Å²) in [5, 5.41) is 0. The van der Waals surface area contributed by atoms with Crippen LogP contribution >= 0.6 is 11.8 Å². The Balaban J connectivity index is 2.90. The predicted octanol–water partition coefficient (Wildman–Crippen LogP) is 2.27. The Hall–Kier alpha value is -0.240. The fraction of sp³-hybridized carbons (Fsp3) is 0.625. The Bertz CT molecular complexity index is 110. The molecule has 0 rings (SSSR count). The van der Waals surface area contributed by atoms with E-state index in [0.29, 0.717) is 5.75 Å². The summed E-state index contributed by atoms with van der Waals surface area (Å²) in [4.78, 5) is 10.4. The number of Topliss-reactive ketones (excluding diaryl/α,β-unsaturated/α-hetero) is 1. The van der Waals surface area contributed by atoms with Crippen LogP contribution in [-0.4, -0.2) is 17.3 Å². The number of rotatable bonds is 6. The molecule has 2 heteroatoms. The average molecular weight is 158 g/mol. The van der Waals surface area contributed by atoms with Crippen LogP contribution in [0.25, 0.3) is 0 Å². The quantitative estimate of drug-likeness (QED) is 0.436. The van der Waals surface area contributed by atoms with E-state index in [0.717, 1.165) is 18.6 Å². The first-order valence-electron chi connectivity index (χ1n) is 3.45. The van der Waals surface area contributed by atoms with Gasteiger partial charge in [-0.05, 0) is 25.5 Å². The Morgan fingerprint density at radius 2 is 2.40 bits per heavy atom. The number of unbranched alkanes of at least 4 members (excludes halogenated alkanes) is 1. The van der Waals surface area contributed by atoms with E-state index >= 15 is 0 Å². The minimum absolute atomic E-state index is 0.267. The lowest BCUT2D eigenvalue weighted by atomic mass is 10.3. The summed E-state index contributed by atoms with van der Waals surface area (Å²) in [6.07, 6.45) is 4.11. The molecule has 0 spiro atoms. The second kappa shape index (κ2) is 6.87. The first kappa shape index (κ1) is 9.76. The SMILES string of the molecule is C=CCCCSCC(C)=O. The molecule has 0 aliphatic rings. The van der Waals surface area contributed by atoms with Gasteiger partial charge in [0.15, 0.2) is 0 Å². The number of carbonyl (C=O) groups excluding carboxylic acids is 1. The van der Waals surface area contributed by atoms with Crippen molar-refractivity contribution in [3.8, 4) is 0 Å². The summed E-state index contributed by atoms with van der Waals surface area (Å²) in [6.45, 7) is 5.24. The van der Waals surface area contributed by atoms with Crippen LogP contribution in [-0.2, 0) is 4.79 Å². The molecule has 0 aromatic rings. The summed E-state index contributed by atoms with van der Waals surface area (Å²) >= 11 is 1.70. The largest absolute Gasteiger partial charge is 0.299 e. The van der Waals surface area contributed by atoms with Gasteiger partial charge in [0, 0.05) is 0 Å². The van der Waals surface area contributed by atoms with Crippen LogP contribution in [0.2, 0.25) is 0 Å². The van der Waals surface area contributed by atoms with E-state index in [4.69, 9.17) is 0 Å². The van der Waals surface area contributed by atoms with Crippen molar-refractivity contribution in [1.29, 1.82) is 0 Å². The highest BCUT2D eigenvalue weighted by molar-refractivity contribution is 7.99. The monoisotopic (exact) mass is 158 g/mol. The van der Waals surface area contributed by atoms with Crippen molar-refractivity contribution < 1.29 is 4.79 Å². The predicted molar refractivity (Wildman–Crippen MR) is 47.4 cm³/mol. The van der Waals surface area contributed by atoms with Crippen molar-refractivity contribution >= 4 is 17.5 Å². The number of thioether (sulfide) groups is 1. The Kier molecular flexibility index (Phi) is 6.71. The molecule has 0 atom stereocenters. The molecule has 0 saturated carbocycles. The van der Waals surface area contributed by atoms with Crippen LogP contribution in [0, 0.1) is 0 Å². The van der Waals surface area contributed by atoms with Crippen LogP contribution < -0.4 is 0 Å². The van der Waals surface area contributed by atoms with Gasteiger partial charge in [-0.3, -0.25) is 4.79 Å². The smallest absolute Gasteiger partial charge is 0.139 e. The van der Waals surface area contributed by atoms with Gasteiger partial charge in [-0.15, -0.1) is 6.58 Å². The van der Waals surface area contributed by atoms with E-state index in [9.17, 15) is 4.79 Å². The van der Waals surface area contributed by atoms with Crippen LogP contribution in [0.1, 0.15) is 19.8 Å². The van der Waals surface area contributed by atoms with Gasteiger partial charge in [0.05, 0.1) is 5.75 Å². The van der Waals surface area contributed by atoms with Crippen molar-refractivity contribution in [1.82, 2.24) is 0 Å². The lowest BCUT2D eigenvalue weighted by Gasteiger charge is -1.94. The maximum absolute atomic E-state index is 10.4. The molecule has 1 nitrogen and oxygen atoms in total. The van der Waals surface area contributed by atoms with Crippen LogP contribution in [0.5, 0.6) is 0 Å². The van der Waals surface area contributed by atoms with E-state index in [1.807, 2.05) is 6.08 Å². The summed E-state index contributed by atoms with van der Waals surface area (Å²) < 4.78 is 0. The molecule has 0 bridgehead atoms. The molecule has 0 unspecified atom stereocenters. The molecule has 58 valence electrons. The number of ketones is 1. The number of allylic oxidation sites excluding steroid dienone is 1. The fourth-order valence-corrected chi connectivity index (χ4v) is 1.35. The highest BCUT2D eigenvalue weighted by Crippen LogP contribution is 2.04. The highest BCUT2D eigenvalue weighted by Gasteiger charge is 1.91. The molecule has 0 heterocycles. The van der Waals surface area contributed by atoms with Gasteiger partial charge < -0.3 is 0 Å². The van der Waals surface area contributed by atoms with E-state index in [1.54, 1.807) is 18.7 Å². The molecule has 0 saturated heterocycles. The second-order valence-electron chi connectivity index (χ2n) is 2.19. The van der Waals surface area contributed by atoms with Gasteiger partial charge in [-0.1, -0.05) is 6.08 Å². The summed E-state index contributed by atoms with van der Waals surface area (Å²) in [5.41, 5.74) is 0. The second-order valence-corrected chi connectivity index (χ2v) is 3.29. The Morgan fingerprint density at radius 3 is 2.90 bits per heavy atom. The van der Waals surface area contributed by atoms with E-state index in [2.05, 4.69) is 6.58 Å². The number of carbonyl (C=O) groups is 1. The first-order valence-corrected chi connectivity index (χ1v) is 4.61. The molecule has 0 N–H and O–H groups in total. The van der Waals surface area contributed by atoms with Crippen molar-refractivity contribution in [2.75, 3.05) is 11.5 Å². The van der Waals surface area contributed by atoms with E-state index < -0.39 is 0 Å². The summed E-state index contributed by atoms with van der Waals surface area (Å²) in [6, 6.07) is 0. The molecule has 0 radical (unpaired) electrons. The third-order valence-electron chi connectivity index (χ3n) is 1.00. The Morgan fingerprint density at radius 1 is 1.70 bits per heavy atom. The molecule has 10 heavy (non-hydrogen) atoms. The zero-order valence-corrected chi connectivity index (χ0v) is 7.25. The highest BCUT2D eigenvalue weighted by atomic mass is 32.2. The zero-order chi connectivity index (χ0) is 7.82. The van der Waals surface area contributed by atoms with Gasteiger partial charge in [0.25, 0.3) is 0 Å². The van der Waals surface area contributed by atoms with Gasteiger partial charge >= 0.3 is 0 Å². The average Bonchev–Trinajstić information content (AvgIpc) is 1.87. The molecule has 0 aliphatic carbocycles. The van der Waals surface area contributed by atoms with Gasteiger partial charge in [-0.2, -0.15) is 11.8 Å². The fourth-order valence-electron chi connectivity index (χ4n) is 0.546.